The predicted octanol–water partition coefficient (Wildman–Crippen LogP) is -2.04. The molecule has 6 heteroatoms. The molecule has 0 spiro atoms. The third-order valence-electron chi connectivity index (χ3n) is 2.45. The minimum atomic E-state index is -0.613. The van der Waals surface area contributed by atoms with Crippen LogP contribution in [0.4, 0.5) is 0 Å². The van der Waals surface area contributed by atoms with Crippen molar-refractivity contribution >= 4 is 5.91 Å². The molecule has 5 N–H and O–H groups in total. The average Bonchev–Trinajstić information content (AvgIpc) is 2.74. The summed E-state index contributed by atoms with van der Waals surface area (Å²) in [7, 11) is 0. The topological polar surface area (TPSA) is 105 Å². The number of nitrogens with two attached hydrogens (primary N) is 1. The quantitative estimate of drug-likeness (QED) is 0.425. The first-order valence-electron chi connectivity index (χ1n) is 5.08. The van der Waals surface area contributed by atoms with Crippen molar-refractivity contribution in [3.63, 3.8) is 0 Å². The molecular formula is C9H18N2O4. The molecule has 0 aliphatic carbocycles. The van der Waals surface area contributed by atoms with Crippen molar-refractivity contribution < 1.29 is 19.7 Å². The second-order valence-corrected chi connectivity index (χ2v) is 3.63. The Morgan fingerprint density at radius 3 is 2.60 bits per heavy atom. The molecule has 2 unspecified atom stereocenters. The molecule has 0 saturated carbocycles. The fraction of sp³-hybridized carbons (Fsp3) is 0.889. The molecule has 0 radical (unpaired) electrons. The number of carbonyl (C=O) groups excluding carboxylic acids is 1. The molecule has 6 nitrogen and oxygen atoms in total. The predicted molar refractivity (Wildman–Crippen MR) is 53.1 cm³/mol. The monoisotopic (exact) mass is 218 g/mol. The molecule has 0 aromatic heterocycles. The molecular weight excluding hydrogens is 200 g/mol. The van der Waals surface area contributed by atoms with E-state index < -0.39 is 12.1 Å². The Hall–Kier alpha value is -0.690. The summed E-state index contributed by atoms with van der Waals surface area (Å²) in [5, 5.41) is 20.1. The summed E-state index contributed by atoms with van der Waals surface area (Å²) in [4.78, 5) is 11.5. The van der Waals surface area contributed by atoms with Gasteiger partial charge in [-0.3, -0.25) is 4.79 Å². The Morgan fingerprint density at radius 2 is 2.13 bits per heavy atom. The van der Waals surface area contributed by atoms with Crippen LogP contribution in [0.25, 0.3) is 0 Å². The molecule has 88 valence electrons. The smallest absolute Gasteiger partial charge is 0.249 e. The number of carbonyl (C=O) groups is 1. The number of hydrogen-bond donors (Lipinski definition) is 4. The molecule has 1 rings (SSSR count). The van der Waals surface area contributed by atoms with Crippen LogP contribution in [-0.4, -0.2) is 54.1 Å². The van der Waals surface area contributed by atoms with Gasteiger partial charge in [-0.25, -0.2) is 0 Å². The highest BCUT2D eigenvalue weighted by Gasteiger charge is 2.30. The highest BCUT2D eigenvalue weighted by atomic mass is 16.5. The summed E-state index contributed by atoms with van der Waals surface area (Å²) in [6.07, 6.45) is 0.857. The maximum absolute atomic E-state index is 11.5. The molecule has 1 saturated heterocycles. The zero-order valence-electron chi connectivity index (χ0n) is 8.56. The van der Waals surface area contributed by atoms with E-state index >= 15 is 0 Å². The molecule has 0 aromatic rings. The normalized spacial score (nSPS) is 25.9. The van der Waals surface area contributed by atoms with Gasteiger partial charge in [-0.05, 0) is 12.8 Å². The van der Waals surface area contributed by atoms with Gasteiger partial charge < -0.3 is 26.0 Å². The van der Waals surface area contributed by atoms with Crippen LogP contribution in [0.5, 0.6) is 0 Å². The van der Waals surface area contributed by atoms with Gasteiger partial charge in [0.05, 0.1) is 25.4 Å². The maximum atomic E-state index is 11.5. The molecule has 1 fully saturated rings. The van der Waals surface area contributed by atoms with Gasteiger partial charge in [0.1, 0.15) is 6.10 Å². The van der Waals surface area contributed by atoms with Crippen LogP contribution in [-0.2, 0) is 9.53 Å². The lowest BCUT2D eigenvalue weighted by Crippen LogP contribution is -2.45. The molecule has 1 amide bonds. The lowest BCUT2D eigenvalue weighted by Gasteiger charge is -2.17. The zero-order chi connectivity index (χ0) is 11.3. The van der Waals surface area contributed by atoms with Crippen LogP contribution < -0.4 is 11.1 Å². The van der Waals surface area contributed by atoms with Gasteiger partial charge >= 0.3 is 0 Å². The van der Waals surface area contributed by atoms with Crippen molar-refractivity contribution in [2.75, 3.05) is 19.8 Å². The summed E-state index contributed by atoms with van der Waals surface area (Å²) in [6, 6.07) is -0.613. The lowest BCUT2D eigenvalue weighted by atomic mass is 10.2. The fourth-order valence-corrected chi connectivity index (χ4v) is 1.52. The van der Waals surface area contributed by atoms with Crippen molar-refractivity contribution in [3.05, 3.63) is 0 Å². The highest BCUT2D eigenvalue weighted by Crippen LogP contribution is 2.18. The molecule has 0 bridgehead atoms. The van der Waals surface area contributed by atoms with Gasteiger partial charge in [-0.2, -0.15) is 0 Å². The van der Waals surface area contributed by atoms with Crippen LogP contribution in [0.2, 0.25) is 0 Å². The Morgan fingerprint density at radius 1 is 1.47 bits per heavy atom. The molecule has 1 heterocycles. The van der Waals surface area contributed by atoms with E-state index in [-0.39, 0.29) is 25.2 Å². The molecule has 1 aliphatic heterocycles. The third kappa shape index (κ3) is 3.42. The van der Waals surface area contributed by atoms with Crippen molar-refractivity contribution in [2.45, 2.75) is 31.1 Å². The van der Waals surface area contributed by atoms with E-state index in [1.165, 1.54) is 0 Å². The summed E-state index contributed by atoms with van der Waals surface area (Å²) >= 11 is 0. The van der Waals surface area contributed by atoms with Gasteiger partial charge in [0, 0.05) is 6.54 Å². The molecule has 1 aliphatic rings. The first-order chi connectivity index (χ1) is 7.21. The molecule has 2 atom stereocenters. The van der Waals surface area contributed by atoms with Gasteiger partial charge in [0.2, 0.25) is 5.91 Å². The van der Waals surface area contributed by atoms with Gasteiger partial charge in [0.15, 0.2) is 0 Å². The SMILES string of the molecule is NCC1CCC(C(=O)NC(CO)CO)O1. The molecule has 0 aromatic carbocycles. The van der Waals surface area contributed by atoms with Gasteiger partial charge in [0.25, 0.3) is 0 Å². The average molecular weight is 218 g/mol. The van der Waals surface area contributed by atoms with Crippen LogP contribution in [0.1, 0.15) is 12.8 Å². The number of aliphatic hydroxyl groups excluding tert-OH is 2. The number of amides is 1. The van der Waals surface area contributed by atoms with E-state index in [4.69, 9.17) is 20.7 Å². The summed E-state index contributed by atoms with van der Waals surface area (Å²) in [5.74, 6) is -0.293. The van der Waals surface area contributed by atoms with E-state index in [1.807, 2.05) is 0 Å². The maximum Gasteiger partial charge on any atom is 0.249 e. The number of nitrogens with one attached hydrogen (secondary N) is 1. The number of aliphatic hydroxyl groups is 2. The Balaban J connectivity index is 2.34. The Bertz CT molecular complexity index is 208. The first kappa shape index (κ1) is 12.4. The van der Waals surface area contributed by atoms with Crippen molar-refractivity contribution in [1.82, 2.24) is 5.32 Å². The van der Waals surface area contributed by atoms with E-state index in [0.717, 1.165) is 6.42 Å². The van der Waals surface area contributed by atoms with Crippen LogP contribution >= 0.6 is 0 Å². The third-order valence-corrected chi connectivity index (χ3v) is 2.45. The van der Waals surface area contributed by atoms with Gasteiger partial charge in [-0.1, -0.05) is 0 Å². The number of rotatable bonds is 5. The Labute approximate surface area is 88.4 Å². The van der Waals surface area contributed by atoms with E-state index in [1.54, 1.807) is 0 Å². The van der Waals surface area contributed by atoms with Crippen molar-refractivity contribution in [3.8, 4) is 0 Å². The fourth-order valence-electron chi connectivity index (χ4n) is 1.52. The van der Waals surface area contributed by atoms with Crippen LogP contribution in [0, 0.1) is 0 Å². The largest absolute Gasteiger partial charge is 0.394 e. The number of ether oxygens (including phenoxy) is 1. The van der Waals surface area contributed by atoms with E-state index in [9.17, 15) is 4.79 Å². The van der Waals surface area contributed by atoms with Crippen LogP contribution in [0.15, 0.2) is 0 Å². The van der Waals surface area contributed by atoms with E-state index in [0.29, 0.717) is 13.0 Å². The van der Waals surface area contributed by atoms with Crippen molar-refractivity contribution in [1.29, 1.82) is 0 Å². The summed E-state index contributed by atoms with van der Waals surface area (Å²) in [5.41, 5.74) is 5.41. The first-order valence-corrected chi connectivity index (χ1v) is 5.08. The molecule has 15 heavy (non-hydrogen) atoms. The zero-order valence-corrected chi connectivity index (χ0v) is 8.56. The van der Waals surface area contributed by atoms with Gasteiger partial charge in [-0.15, -0.1) is 0 Å². The van der Waals surface area contributed by atoms with Crippen LogP contribution in [0.3, 0.4) is 0 Å². The minimum absolute atomic E-state index is 0.0533. The second-order valence-electron chi connectivity index (χ2n) is 3.63. The summed E-state index contributed by atoms with van der Waals surface area (Å²) in [6.45, 7) is -0.155. The number of hydrogen-bond acceptors (Lipinski definition) is 5. The van der Waals surface area contributed by atoms with E-state index in [2.05, 4.69) is 5.32 Å². The second kappa shape index (κ2) is 6.02. The highest BCUT2D eigenvalue weighted by molar-refractivity contribution is 5.81. The lowest BCUT2D eigenvalue weighted by molar-refractivity contribution is -0.133. The summed E-state index contributed by atoms with van der Waals surface area (Å²) < 4.78 is 5.36. The Kier molecular flexibility index (Phi) is 4.97. The minimum Gasteiger partial charge on any atom is -0.394 e. The standard InChI is InChI=1S/C9H18N2O4/c10-3-7-1-2-8(15-7)9(14)11-6(4-12)5-13/h6-8,12-13H,1-5,10H2,(H,11,14). The van der Waals surface area contributed by atoms with Crippen molar-refractivity contribution in [2.24, 2.45) is 5.73 Å².